The lowest BCUT2D eigenvalue weighted by Crippen LogP contribution is -2.43. The summed E-state index contributed by atoms with van der Waals surface area (Å²) in [7, 11) is 1.34. The maximum absolute atomic E-state index is 11.6. The average molecular weight is 296 g/mol. The van der Waals surface area contributed by atoms with Gasteiger partial charge in [0.1, 0.15) is 6.54 Å². The maximum Gasteiger partial charge on any atom is 0.326 e. The molecular formula is C12H16N4O5. The fourth-order valence-electron chi connectivity index (χ4n) is 1.38. The molecular weight excluding hydrogens is 280 g/mol. The van der Waals surface area contributed by atoms with E-state index in [1.54, 1.807) is 0 Å². The second-order valence-corrected chi connectivity index (χ2v) is 4.13. The molecule has 1 rings (SSSR count). The summed E-state index contributed by atoms with van der Waals surface area (Å²) < 4.78 is 5.88. The fourth-order valence-corrected chi connectivity index (χ4v) is 1.38. The minimum absolute atomic E-state index is 0.313. The summed E-state index contributed by atoms with van der Waals surface area (Å²) in [6, 6.07) is 1.91. The van der Waals surface area contributed by atoms with E-state index in [1.807, 2.05) is 5.32 Å². The Balaban J connectivity index is 2.61. The molecule has 114 valence electrons. The van der Waals surface area contributed by atoms with E-state index in [9.17, 15) is 19.2 Å². The molecule has 0 aromatic carbocycles. The predicted octanol–water partition coefficient (Wildman–Crippen LogP) is -1.18. The third-order valence-corrected chi connectivity index (χ3v) is 2.45. The van der Waals surface area contributed by atoms with Crippen molar-refractivity contribution < 1.29 is 19.1 Å². The third kappa shape index (κ3) is 4.97. The number of amides is 3. The van der Waals surface area contributed by atoms with Crippen molar-refractivity contribution >= 4 is 23.6 Å². The summed E-state index contributed by atoms with van der Waals surface area (Å²) in [6.07, 6.45) is 0.116. The van der Waals surface area contributed by atoms with E-state index in [0.29, 0.717) is 5.69 Å². The van der Waals surface area contributed by atoms with Gasteiger partial charge >= 0.3 is 12.0 Å². The van der Waals surface area contributed by atoms with Crippen LogP contribution in [-0.4, -0.2) is 35.6 Å². The van der Waals surface area contributed by atoms with Crippen LogP contribution in [0.15, 0.2) is 23.1 Å². The van der Waals surface area contributed by atoms with Gasteiger partial charge in [-0.3, -0.25) is 19.7 Å². The van der Waals surface area contributed by atoms with Crippen molar-refractivity contribution in [3.8, 4) is 0 Å². The first kappa shape index (κ1) is 16.2. The van der Waals surface area contributed by atoms with Crippen LogP contribution >= 0.6 is 0 Å². The molecule has 0 aliphatic rings. The van der Waals surface area contributed by atoms with Crippen LogP contribution < -0.4 is 21.9 Å². The molecule has 3 amide bonds. The van der Waals surface area contributed by atoms with Crippen molar-refractivity contribution in [2.45, 2.75) is 19.6 Å². The molecule has 0 aliphatic heterocycles. The standard InChI is InChI=1S/C12H16N4O5/c1-7(11(19)15-12(20)14-2)21-10(18)6-16-5-8(13)3-4-9(16)17/h3-5,7H,6,13H2,1-2H3,(H2,14,15,19,20). The van der Waals surface area contributed by atoms with Gasteiger partial charge in [-0.25, -0.2) is 4.79 Å². The highest BCUT2D eigenvalue weighted by atomic mass is 16.5. The van der Waals surface area contributed by atoms with Crippen LogP contribution in [0.4, 0.5) is 10.5 Å². The number of nitrogens with two attached hydrogens (primary N) is 1. The van der Waals surface area contributed by atoms with Crippen molar-refractivity contribution in [2.75, 3.05) is 12.8 Å². The number of esters is 1. The monoisotopic (exact) mass is 296 g/mol. The van der Waals surface area contributed by atoms with Gasteiger partial charge in [0.05, 0.1) is 0 Å². The molecule has 9 heteroatoms. The molecule has 21 heavy (non-hydrogen) atoms. The van der Waals surface area contributed by atoms with E-state index >= 15 is 0 Å². The molecule has 1 aromatic rings. The van der Waals surface area contributed by atoms with Crippen molar-refractivity contribution in [2.24, 2.45) is 0 Å². The van der Waals surface area contributed by atoms with Crippen molar-refractivity contribution in [1.29, 1.82) is 0 Å². The van der Waals surface area contributed by atoms with Crippen LogP contribution in [-0.2, 0) is 20.9 Å². The van der Waals surface area contributed by atoms with Gasteiger partial charge in [0.25, 0.3) is 11.5 Å². The van der Waals surface area contributed by atoms with E-state index in [4.69, 9.17) is 10.5 Å². The van der Waals surface area contributed by atoms with Crippen molar-refractivity contribution in [1.82, 2.24) is 15.2 Å². The van der Waals surface area contributed by atoms with Gasteiger partial charge in [-0.2, -0.15) is 0 Å². The van der Waals surface area contributed by atoms with Gasteiger partial charge in [0.15, 0.2) is 6.10 Å². The van der Waals surface area contributed by atoms with E-state index in [2.05, 4.69) is 5.32 Å². The third-order valence-electron chi connectivity index (χ3n) is 2.45. The van der Waals surface area contributed by atoms with E-state index in [1.165, 1.54) is 32.3 Å². The Labute approximate surface area is 120 Å². The zero-order chi connectivity index (χ0) is 16.0. The topological polar surface area (TPSA) is 133 Å². The van der Waals surface area contributed by atoms with Crippen LogP contribution in [0.25, 0.3) is 0 Å². The molecule has 0 bridgehead atoms. The van der Waals surface area contributed by atoms with Gasteiger partial charge in [0.2, 0.25) is 0 Å². The lowest BCUT2D eigenvalue weighted by atomic mass is 10.3. The molecule has 4 N–H and O–H groups in total. The molecule has 1 atom stereocenters. The number of nitrogens with zero attached hydrogens (tertiary/aromatic N) is 1. The summed E-state index contributed by atoms with van der Waals surface area (Å²) in [5, 5.41) is 4.15. The number of rotatable bonds is 4. The number of aromatic nitrogens is 1. The summed E-state index contributed by atoms with van der Waals surface area (Å²) in [4.78, 5) is 45.5. The lowest BCUT2D eigenvalue weighted by Gasteiger charge is -2.13. The van der Waals surface area contributed by atoms with E-state index < -0.39 is 29.6 Å². The number of imide groups is 1. The van der Waals surface area contributed by atoms with E-state index in [0.717, 1.165) is 4.57 Å². The van der Waals surface area contributed by atoms with Crippen LogP contribution in [0.1, 0.15) is 6.92 Å². The molecule has 1 unspecified atom stereocenters. The Bertz CT molecular complexity index is 610. The van der Waals surface area contributed by atoms with Gasteiger partial charge < -0.3 is 20.4 Å². The van der Waals surface area contributed by atoms with Crippen molar-refractivity contribution in [3.63, 3.8) is 0 Å². The minimum atomic E-state index is -1.17. The summed E-state index contributed by atoms with van der Waals surface area (Å²) in [5.41, 5.74) is 5.39. The number of anilines is 1. The summed E-state index contributed by atoms with van der Waals surface area (Å²) >= 11 is 0. The quantitative estimate of drug-likeness (QED) is 0.599. The highest BCUT2D eigenvalue weighted by molar-refractivity contribution is 5.96. The zero-order valence-electron chi connectivity index (χ0n) is 11.6. The number of hydrogen-bond donors (Lipinski definition) is 3. The molecule has 0 aliphatic carbocycles. The summed E-state index contributed by atoms with van der Waals surface area (Å²) in [5.74, 6) is -1.58. The van der Waals surface area contributed by atoms with Gasteiger partial charge in [-0.05, 0) is 13.0 Å². The molecule has 0 saturated heterocycles. The second-order valence-electron chi connectivity index (χ2n) is 4.13. The first-order valence-corrected chi connectivity index (χ1v) is 6.01. The van der Waals surface area contributed by atoms with Crippen molar-refractivity contribution in [3.05, 3.63) is 28.7 Å². The highest BCUT2D eigenvalue weighted by Crippen LogP contribution is 1.98. The Morgan fingerprint density at radius 1 is 1.38 bits per heavy atom. The smallest absolute Gasteiger partial charge is 0.326 e. The number of nitrogen functional groups attached to an aromatic ring is 1. The molecule has 0 saturated carbocycles. The Morgan fingerprint density at radius 3 is 2.67 bits per heavy atom. The molecule has 0 fully saturated rings. The Hall–Kier alpha value is -2.84. The molecule has 0 spiro atoms. The van der Waals surface area contributed by atoms with Gasteiger partial charge in [-0.15, -0.1) is 0 Å². The highest BCUT2D eigenvalue weighted by Gasteiger charge is 2.19. The molecule has 9 nitrogen and oxygen atoms in total. The SMILES string of the molecule is CNC(=O)NC(=O)C(C)OC(=O)Cn1cc(N)ccc1=O. The number of urea groups is 1. The van der Waals surface area contributed by atoms with Crippen LogP contribution in [0.3, 0.4) is 0 Å². The zero-order valence-corrected chi connectivity index (χ0v) is 11.6. The number of carbonyl (C=O) groups is 3. The van der Waals surface area contributed by atoms with E-state index in [-0.39, 0.29) is 6.54 Å². The lowest BCUT2D eigenvalue weighted by molar-refractivity contribution is -0.155. The second kappa shape index (κ2) is 7.08. The maximum atomic E-state index is 11.6. The normalized spacial score (nSPS) is 11.3. The molecule has 1 aromatic heterocycles. The number of ether oxygens (including phenoxy) is 1. The number of pyridine rings is 1. The Kier molecular flexibility index (Phi) is 5.47. The van der Waals surface area contributed by atoms with Crippen LogP contribution in [0, 0.1) is 0 Å². The largest absolute Gasteiger partial charge is 0.451 e. The minimum Gasteiger partial charge on any atom is -0.451 e. The first-order chi connectivity index (χ1) is 9.83. The van der Waals surface area contributed by atoms with Crippen LogP contribution in [0.2, 0.25) is 0 Å². The van der Waals surface area contributed by atoms with Crippen LogP contribution in [0.5, 0.6) is 0 Å². The molecule has 0 radical (unpaired) electrons. The number of carbonyl (C=O) groups excluding carboxylic acids is 3. The first-order valence-electron chi connectivity index (χ1n) is 6.01. The average Bonchev–Trinajstić information content (AvgIpc) is 2.42. The fraction of sp³-hybridized carbons (Fsp3) is 0.333. The number of hydrogen-bond acceptors (Lipinski definition) is 6. The Morgan fingerprint density at radius 2 is 2.05 bits per heavy atom. The number of nitrogens with one attached hydrogen (secondary N) is 2. The predicted molar refractivity (Wildman–Crippen MR) is 73.3 cm³/mol. The molecule has 1 heterocycles. The summed E-state index contributed by atoms with van der Waals surface area (Å²) in [6.45, 7) is 0.916. The van der Waals surface area contributed by atoms with Gasteiger partial charge in [-0.1, -0.05) is 0 Å². The van der Waals surface area contributed by atoms with Gasteiger partial charge in [0, 0.05) is 25.0 Å².